The van der Waals surface area contributed by atoms with Crippen LogP contribution in [0.5, 0.6) is 11.5 Å². The molecule has 2 atom stereocenters. The maximum atomic E-state index is 12.3. The number of carbonyl (C=O) groups excluding carboxylic acids is 2. The van der Waals surface area contributed by atoms with Crippen molar-refractivity contribution in [2.75, 3.05) is 32.1 Å². The number of methoxy groups -OCH3 is 1. The summed E-state index contributed by atoms with van der Waals surface area (Å²) in [5, 5.41) is 6.26. The number of amides is 2. The molecule has 1 fully saturated rings. The van der Waals surface area contributed by atoms with Gasteiger partial charge in [-0.3, -0.25) is 9.59 Å². The minimum Gasteiger partial charge on any atom is -0.493 e. The van der Waals surface area contributed by atoms with Crippen LogP contribution in [-0.4, -0.2) is 38.6 Å². The lowest BCUT2D eigenvalue weighted by atomic mass is 9.85. The molecule has 2 rings (SSSR count). The third kappa shape index (κ3) is 5.94. The zero-order chi connectivity index (χ0) is 18.2. The summed E-state index contributed by atoms with van der Waals surface area (Å²) in [5.74, 6) is 1.07. The first-order valence-electron chi connectivity index (χ1n) is 8.59. The second-order valence-electron chi connectivity index (χ2n) is 6.46. The number of hydrogen-bond donors (Lipinski definition) is 3. The van der Waals surface area contributed by atoms with E-state index < -0.39 is 5.91 Å². The summed E-state index contributed by atoms with van der Waals surface area (Å²) in [6.45, 7) is 3.91. The van der Waals surface area contributed by atoms with E-state index in [1.165, 1.54) is 7.11 Å². The van der Waals surface area contributed by atoms with Crippen LogP contribution in [0.3, 0.4) is 0 Å². The number of primary amides is 1. The molecular formula is C18H27N3O4. The maximum absolute atomic E-state index is 12.3. The molecule has 2 unspecified atom stereocenters. The zero-order valence-electron chi connectivity index (χ0n) is 14.8. The summed E-state index contributed by atoms with van der Waals surface area (Å²) in [5.41, 5.74) is 5.69. The molecule has 1 aromatic rings. The molecule has 2 amide bonds. The summed E-state index contributed by atoms with van der Waals surface area (Å²) >= 11 is 0. The number of rotatable bonds is 8. The highest BCUT2D eigenvalue weighted by Crippen LogP contribution is 2.30. The van der Waals surface area contributed by atoms with E-state index in [1.807, 2.05) is 0 Å². The van der Waals surface area contributed by atoms with Gasteiger partial charge in [0.25, 0.3) is 5.91 Å². The lowest BCUT2D eigenvalue weighted by Gasteiger charge is -2.28. The minimum atomic E-state index is -0.577. The van der Waals surface area contributed by atoms with E-state index in [1.54, 1.807) is 18.2 Å². The van der Waals surface area contributed by atoms with Crippen molar-refractivity contribution in [2.45, 2.75) is 26.2 Å². The van der Waals surface area contributed by atoms with Gasteiger partial charge in [-0.25, -0.2) is 0 Å². The molecule has 0 saturated carbocycles. The molecule has 25 heavy (non-hydrogen) atoms. The average molecular weight is 349 g/mol. The van der Waals surface area contributed by atoms with Crippen LogP contribution in [0.4, 0.5) is 5.69 Å². The van der Waals surface area contributed by atoms with Crippen molar-refractivity contribution in [3.8, 4) is 11.5 Å². The van der Waals surface area contributed by atoms with E-state index in [-0.39, 0.29) is 12.5 Å². The van der Waals surface area contributed by atoms with Crippen LogP contribution in [0, 0.1) is 11.8 Å². The molecule has 1 aliphatic rings. The monoisotopic (exact) mass is 349 g/mol. The number of nitrogens with two attached hydrogens (primary N) is 1. The number of anilines is 1. The highest BCUT2D eigenvalue weighted by molar-refractivity contribution is 5.91. The van der Waals surface area contributed by atoms with E-state index in [2.05, 4.69) is 17.6 Å². The number of piperidine rings is 1. The topological polar surface area (TPSA) is 103 Å². The van der Waals surface area contributed by atoms with Crippen molar-refractivity contribution < 1.29 is 19.1 Å². The quantitative estimate of drug-likeness (QED) is 0.660. The fraction of sp³-hybridized carbons (Fsp3) is 0.556. The molecule has 1 heterocycles. The fourth-order valence-corrected chi connectivity index (χ4v) is 3.05. The number of nitrogens with one attached hydrogen (secondary N) is 2. The van der Waals surface area contributed by atoms with Gasteiger partial charge in [0.2, 0.25) is 5.91 Å². The minimum absolute atomic E-state index is 0.0379. The lowest BCUT2D eigenvalue weighted by Crippen LogP contribution is -2.34. The lowest BCUT2D eigenvalue weighted by molar-refractivity contribution is -0.120. The van der Waals surface area contributed by atoms with Crippen molar-refractivity contribution >= 4 is 17.5 Å². The zero-order valence-corrected chi connectivity index (χ0v) is 14.8. The number of benzene rings is 1. The summed E-state index contributed by atoms with van der Waals surface area (Å²) in [4.78, 5) is 23.2. The van der Waals surface area contributed by atoms with Gasteiger partial charge in [-0.15, -0.1) is 0 Å². The summed E-state index contributed by atoms with van der Waals surface area (Å²) in [7, 11) is 1.50. The van der Waals surface area contributed by atoms with Gasteiger partial charge in [-0.05, 0) is 49.9 Å². The van der Waals surface area contributed by atoms with Gasteiger partial charge in [0.1, 0.15) is 0 Å². The molecule has 1 aliphatic heterocycles. The van der Waals surface area contributed by atoms with E-state index in [9.17, 15) is 9.59 Å². The Labute approximate surface area is 148 Å². The molecule has 0 bridgehead atoms. The van der Waals surface area contributed by atoms with E-state index >= 15 is 0 Å². The van der Waals surface area contributed by atoms with Gasteiger partial charge in [0.05, 0.1) is 7.11 Å². The first-order chi connectivity index (χ1) is 12.0. The first kappa shape index (κ1) is 19.1. The molecule has 1 saturated heterocycles. The Bertz CT molecular complexity index is 600. The standard InChI is InChI=1S/C18H27N3O4/c1-12(13-4-3-7-20-10-13)8-18(23)21-14-5-6-15(24-2)16(9-14)25-11-17(19)22/h5-6,9,12-13,20H,3-4,7-8,10-11H2,1-2H3,(H2,19,22)(H,21,23). The summed E-state index contributed by atoms with van der Waals surface area (Å²) in [6, 6.07) is 5.05. The average Bonchev–Trinajstić information content (AvgIpc) is 2.60. The molecular weight excluding hydrogens is 322 g/mol. The van der Waals surface area contributed by atoms with E-state index in [0.717, 1.165) is 25.9 Å². The van der Waals surface area contributed by atoms with Gasteiger partial charge in [0, 0.05) is 18.2 Å². The van der Waals surface area contributed by atoms with Crippen molar-refractivity contribution in [1.82, 2.24) is 5.32 Å². The molecule has 0 radical (unpaired) electrons. The predicted molar refractivity (Wildman–Crippen MR) is 95.7 cm³/mol. The third-order valence-electron chi connectivity index (χ3n) is 4.46. The first-order valence-corrected chi connectivity index (χ1v) is 8.59. The SMILES string of the molecule is COc1ccc(NC(=O)CC(C)C2CCCNC2)cc1OCC(N)=O. The van der Waals surface area contributed by atoms with Gasteiger partial charge in [0.15, 0.2) is 18.1 Å². The predicted octanol–water partition coefficient (Wildman–Crippen LogP) is 1.52. The van der Waals surface area contributed by atoms with E-state index in [4.69, 9.17) is 15.2 Å². The number of ether oxygens (including phenoxy) is 2. The van der Waals surface area contributed by atoms with Crippen LogP contribution >= 0.6 is 0 Å². The Hall–Kier alpha value is -2.28. The molecule has 0 aliphatic carbocycles. The van der Waals surface area contributed by atoms with Crippen LogP contribution < -0.4 is 25.8 Å². The van der Waals surface area contributed by atoms with Gasteiger partial charge in [-0.2, -0.15) is 0 Å². The molecule has 138 valence electrons. The van der Waals surface area contributed by atoms with Crippen LogP contribution in [-0.2, 0) is 9.59 Å². The molecule has 4 N–H and O–H groups in total. The van der Waals surface area contributed by atoms with Crippen molar-refractivity contribution in [3.05, 3.63) is 18.2 Å². The Morgan fingerprint density at radius 1 is 1.40 bits per heavy atom. The summed E-state index contributed by atoms with van der Waals surface area (Å²) in [6.07, 6.45) is 2.79. The molecule has 0 aromatic heterocycles. The second kappa shape index (κ2) is 9.27. The van der Waals surface area contributed by atoms with Crippen LogP contribution in [0.2, 0.25) is 0 Å². The normalized spacial score (nSPS) is 18.2. The smallest absolute Gasteiger partial charge is 0.255 e. The number of carbonyl (C=O) groups is 2. The van der Waals surface area contributed by atoms with Crippen molar-refractivity contribution in [3.63, 3.8) is 0 Å². The number of hydrogen-bond acceptors (Lipinski definition) is 5. The second-order valence-corrected chi connectivity index (χ2v) is 6.46. The molecule has 1 aromatic carbocycles. The van der Waals surface area contributed by atoms with Crippen molar-refractivity contribution in [2.24, 2.45) is 17.6 Å². The fourth-order valence-electron chi connectivity index (χ4n) is 3.05. The Morgan fingerprint density at radius 2 is 2.20 bits per heavy atom. The molecule has 7 nitrogen and oxygen atoms in total. The largest absolute Gasteiger partial charge is 0.493 e. The summed E-state index contributed by atoms with van der Waals surface area (Å²) < 4.78 is 10.5. The highest BCUT2D eigenvalue weighted by atomic mass is 16.5. The van der Waals surface area contributed by atoms with Gasteiger partial charge < -0.3 is 25.8 Å². The van der Waals surface area contributed by atoms with Crippen LogP contribution in [0.25, 0.3) is 0 Å². The van der Waals surface area contributed by atoms with Crippen LogP contribution in [0.15, 0.2) is 18.2 Å². The van der Waals surface area contributed by atoms with E-state index in [0.29, 0.717) is 35.4 Å². The van der Waals surface area contributed by atoms with Crippen molar-refractivity contribution in [1.29, 1.82) is 0 Å². The van der Waals surface area contributed by atoms with Gasteiger partial charge in [-0.1, -0.05) is 6.92 Å². The highest BCUT2D eigenvalue weighted by Gasteiger charge is 2.22. The maximum Gasteiger partial charge on any atom is 0.255 e. The molecule has 0 spiro atoms. The van der Waals surface area contributed by atoms with Crippen LogP contribution in [0.1, 0.15) is 26.2 Å². The third-order valence-corrected chi connectivity index (χ3v) is 4.46. The van der Waals surface area contributed by atoms with Gasteiger partial charge >= 0.3 is 0 Å². The Kier molecular flexibility index (Phi) is 7.06. The Morgan fingerprint density at radius 3 is 2.84 bits per heavy atom. The Balaban J connectivity index is 1.94. The molecule has 7 heteroatoms.